The van der Waals surface area contributed by atoms with E-state index in [-0.39, 0.29) is 5.82 Å². The van der Waals surface area contributed by atoms with Crippen molar-refractivity contribution in [3.05, 3.63) is 23.8 Å². The number of rotatable bonds is 0. The van der Waals surface area contributed by atoms with E-state index in [0.717, 1.165) is 5.39 Å². The number of nitrogens with two attached hydrogens (primary N) is 1. The summed E-state index contributed by atoms with van der Waals surface area (Å²) in [7, 11) is 0. The largest absolute Gasteiger partial charge is 0.486 e. The molecule has 3 rings (SSSR count). The van der Waals surface area contributed by atoms with Crippen LogP contribution in [0.3, 0.4) is 0 Å². The van der Waals surface area contributed by atoms with Crippen LogP contribution in [0.2, 0.25) is 0 Å². The molecule has 0 saturated carbocycles. The first-order valence-corrected chi connectivity index (χ1v) is 5.18. The van der Waals surface area contributed by atoms with Gasteiger partial charge in [-0.1, -0.05) is 0 Å². The highest BCUT2D eigenvalue weighted by molar-refractivity contribution is 5.85. The maximum absolute atomic E-state index is 8.89. The van der Waals surface area contributed by atoms with Crippen LogP contribution < -0.4 is 15.2 Å². The third kappa shape index (κ3) is 1.51. The molecule has 0 amide bonds. The molecule has 2 aromatic rings. The molecule has 0 spiro atoms. The van der Waals surface area contributed by atoms with Gasteiger partial charge in [0, 0.05) is 11.5 Å². The predicted octanol–water partition coefficient (Wildman–Crippen LogP) is 1.46. The summed E-state index contributed by atoms with van der Waals surface area (Å²) in [4.78, 5) is 4.17. The summed E-state index contributed by atoms with van der Waals surface area (Å²) >= 11 is 0. The van der Waals surface area contributed by atoms with Gasteiger partial charge in [0.2, 0.25) is 0 Å². The Morgan fingerprint density at radius 2 is 1.88 bits per heavy atom. The van der Waals surface area contributed by atoms with Gasteiger partial charge in [-0.15, -0.1) is 0 Å². The van der Waals surface area contributed by atoms with E-state index in [1.807, 2.05) is 12.1 Å². The first kappa shape index (κ1) is 9.73. The minimum absolute atomic E-state index is 0.233. The first-order valence-electron chi connectivity index (χ1n) is 5.18. The number of fused-ring (bicyclic) bond motifs is 2. The minimum Gasteiger partial charge on any atom is -0.486 e. The number of ether oxygens (including phenoxy) is 2. The van der Waals surface area contributed by atoms with Crippen LogP contribution >= 0.6 is 0 Å². The Balaban J connectivity index is 2.27. The molecule has 0 aliphatic carbocycles. The fourth-order valence-electron chi connectivity index (χ4n) is 1.82. The monoisotopic (exact) mass is 227 g/mol. The van der Waals surface area contributed by atoms with Gasteiger partial charge in [-0.05, 0) is 12.1 Å². The highest BCUT2D eigenvalue weighted by atomic mass is 16.6. The third-order valence-electron chi connectivity index (χ3n) is 2.63. The molecule has 0 fully saturated rings. The number of pyridine rings is 1. The zero-order valence-electron chi connectivity index (χ0n) is 8.93. The van der Waals surface area contributed by atoms with Crippen LogP contribution in [0.4, 0.5) is 5.82 Å². The van der Waals surface area contributed by atoms with E-state index in [4.69, 9.17) is 20.5 Å². The molecule has 0 saturated heterocycles. The van der Waals surface area contributed by atoms with E-state index in [1.165, 1.54) is 0 Å². The highest BCUT2D eigenvalue weighted by Gasteiger charge is 2.14. The van der Waals surface area contributed by atoms with Crippen molar-refractivity contribution in [3.8, 4) is 17.6 Å². The summed E-state index contributed by atoms with van der Waals surface area (Å²) in [5.74, 6) is 1.58. The summed E-state index contributed by atoms with van der Waals surface area (Å²) < 4.78 is 10.9. The van der Waals surface area contributed by atoms with E-state index < -0.39 is 0 Å². The average Bonchev–Trinajstić information content (AvgIpc) is 2.35. The molecular formula is C12H9N3O2. The smallest absolute Gasteiger partial charge is 0.163 e. The second-order valence-corrected chi connectivity index (χ2v) is 3.72. The van der Waals surface area contributed by atoms with E-state index in [1.54, 1.807) is 12.1 Å². The first-order chi connectivity index (χ1) is 8.28. The van der Waals surface area contributed by atoms with Crippen LogP contribution in [0.15, 0.2) is 18.2 Å². The van der Waals surface area contributed by atoms with Crippen LogP contribution in [0.5, 0.6) is 11.5 Å². The summed E-state index contributed by atoms with van der Waals surface area (Å²) in [5, 5.41) is 9.71. The van der Waals surface area contributed by atoms with Crippen molar-refractivity contribution < 1.29 is 9.47 Å². The molecule has 0 radical (unpaired) electrons. The zero-order chi connectivity index (χ0) is 11.8. The molecule has 0 bridgehead atoms. The van der Waals surface area contributed by atoms with Gasteiger partial charge in [0.15, 0.2) is 11.5 Å². The lowest BCUT2D eigenvalue weighted by Crippen LogP contribution is -2.15. The van der Waals surface area contributed by atoms with Gasteiger partial charge in [0.05, 0.1) is 11.1 Å². The van der Waals surface area contributed by atoms with Gasteiger partial charge in [0.25, 0.3) is 0 Å². The van der Waals surface area contributed by atoms with Crippen molar-refractivity contribution in [2.45, 2.75) is 0 Å². The number of nitriles is 1. The number of hydrogen-bond acceptors (Lipinski definition) is 5. The van der Waals surface area contributed by atoms with Gasteiger partial charge in [-0.2, -0.15) is 5.26 Å². The molecule has 84 valence electrons. The Labute approximate surface area is 97.4 Å². The quantitative estimate of drug-likeness (QED) is 0.736. The maximum Gasteiger partial charge on any atom is 0.163 e. The van der Waals surface area contributed by atoms with Crippen molar-refractivity contribution in [2.75, 3.05) is 18.9 Å². The number of hydrogen-bond donors (Lipinski definition) is 1. The molecule has 2 heterocycles. The van der Waals surface area contributed by atoms with Crippen molar-refractivity contribution in [1.29, 1.82) is 5.26 Å². The number of nitrogen functional groups attached to an aromatic ring is 1. The minimum atomic E-state index is 0.233. The lowest BCUT2D eigenvalue weighted by molar-refractivity contribution is 0.172. The highest BCUT2D eigenvalue weighted by Crippen LogP contribution is 2.34. The Hall–Kier alpha value is -2.48. The second-order valence-electron chi connectivity index (χ2n) is 3.72. The summed E-state index contributed by atoms with van der Waals surface area (Å²) in [6.45, 7) is 1.07. The van der Waals surface area contributed by atoms with E-state index in [0.29, 0.717) is 35.8 Å². The Bertz CT molecular complexity index is 646. The van der Waals surface area contributed by atoms with Crippen molar-refractivity contribution in [1.82, 2.24) is 4.98 Å². The van der Waals surface area contributed by atoms with E-state index in [9.17, 15) is 0 Å². The second kappa shape index (κ2) is 3.52. The molecule has 0 unspecified atom stereocenters. The van der Waals surface area contributed by atoms with E-state index >= 15 is 0 Å². The normalized spacial score (nSPS) is 13.4. The van der Waals surface area contributed by atoms with Gasteiger partial charge >= 0.3 is 0 Å². The third-order valence-corrected chi connectivity index (χ3v) is 2.63. The van der Waals surface area contributed by atoms with Crippen LogP contribution in [0.1, 0.15) is 5.56 Å². The number of nitrogens with zero attached hydrogens (tertiary/aromatic N) is 2. The molecule has 17 heavy (non-hydrogen) atoms. The molecule has 1 aromatic heterocycles. The summed E-state index contributed by atoms with van der Waals surface area (Å²) in [5.41, 5.74) is 6.74. The van der Waals surface area contributed by atoms with Gasteiger partial charge < -0.3 is 15.2 Å². The Kier molecular flexibility index (Phi) is 2.02. The summed E-state index contributed by atoms with van der Waals surface area (Å²) in [6.07, 6.45) is 0. The molecule has 5 heteroatoms. The summed E-state index contributed by atoms with van der Waals surface area (Å²) in [6, 6.07) is 7.31. The Morgan fingerprint density at radius 1 is 1.18 bits per heavy atom. The van der Waals surface area contributed by atoms with Crippen LogP contribution in [0.25, 0.3) is 10.9 Å². The lowest BCUT2D eigenvalue weighted by Gasteiger charge is -2.18. The molecule has 2 N–H and O–H groups in total. The average molecular weight is 227 g/mol. The fourth-order valence-corrected chi connectivity index (χ4v) is 1.82. The SMILES string of the molecule is N#Cc1cc2cc3c(cc2nc1N)OCCO3. The van der Waals surface area contributed by atoms with Crippen molar-refractivity contribution in [2.24, 2.45) is 0 Å². The van der Waals surface area contributed by atoms with Gasteiger partial charge in [0.1, 0.15) is 25.1 Å². The van der Waals surface area contributed by atoms with E-state index in [2.05, 4.69) is 4.98 Å². The molecule has 1 aromatic carbocycles. The Morgan fingerprint density at radius 3 is 2.59 bits per heavy atom. The van der Waals surface area contributed by atoms with Crippen molar-refractivity contribution in [3.63, 3.8) is 0 Å². The van der Waals surface area contributed by atoms with Crippen LogP contribution in [0, 0.1) is 11.3 Å². The van der Waals surface area contributed by atoms with Gasteiger partial charge in [-0.3, -0.25) is 0 Å². The number of anilines is 1. The van der Waals surface area contributed by atoms with Crippen molar-refractivity contribution >= 4 is 16.7 Å². The molecule has 1 aliphatic rings. The molecule has 5 nitrogen and oxygen atoms in total. The van der Waals surface area contributed by atoms with Crippen LogP contribution in [-0.2, 0) is 0 Å². The molecular weight excluding hydrogens is 218 g/mol. The standard InChI is InChI=1S/C12H9N3O2/c13-6-8-3-7-4-10-11(17-2-1-16-10)5-9(7)15-12(8)14/h3-5H,1-2H2,(H2,14,15). The fraction of sp³-hybridized carbons (Fsp3) is 0.167. The zero-order valence-corrected chi connectivity index (χ0v) is 8.93. The van der Waals surface area contributed by atoms with Gasteiger partial charge in [-0.25, -0.2) is 4.98 Å². The topological polar surface area (TPSA) is 81.2 Å². The van der Waals surface area contributed by atoms with Crippen LogP contribution in [-0.4, -0.2) is 18.2 Å². The number of aromatic nitrogens is 1. The lowest BCUT2D eigenvalue weighted by atomic mass is 10.1. The predicted molar refractivity (Wildman–Crippen MR) is 61.9 cm³/mol. The maximum atomic E-state index is 8.89. The number of benzene rings is 1. The molecule has 1 aliphatic heterocycles. The molecule has 0 atom stereocenters.